The SMILES string of the molecule is CC(C)CCC[C@@H](C)C1CCC2[C@H]3CC[C@H]4C[C@@H](OC(=O)C(C)(C)C)CCC4(C)C3CCC21C. The molecule has 4 aliphatic carbocycles. The molecule has 0 spiro atoms. The standard InChI is InChI=1S/C32H56O2/c1-21(2)10-9-11-22(3)26-14-15-27-25-13-12-23-20-24(34-29(33)30(4,5)6)16-18-31(23,7)28(25)17-19-32(26,27)8/h21-28H,9-20H2,1-8H3/t22-,23+,24+,25-,26?,27?,28?,31?,32?/m1/s1. The Labute approximate surface area is 211 Å². The molecule has 4 saturated carbocycles. The number of rotatable bonds is 6. The molecule has 5 unspecified atom stereocenters. The molecule has 2 heteroatoms. The quantitative estimate of drug-likeness (QED) is 0.360. The van der Waals surface area contributed by atoms with Gasteiger partial charge in [-0.1, -0.05) is 53.9 Å². The number of fused-ring (bicyclic) bond motifs is 5. The lowest BCUT2D eigenvalue weighted by Crippen LogP contribution is -2.54. The van der Waals surface area contributed by atoms with E-state index in [-0.39, 0.29) is 12.1 Å². The Balaban J connectivity index is 1.41. The summed E-state index contributed by atoms with van der Waals surface area (Å²) in [5.74, 6) is 6.23. The van der Waals surface area contributed by atoms with Crippen LogP contribution >= 0.6 is 0 Å². The summed E-state index contributed by atoms with van der Waals surface area (Å²) in [6, 6.07) is 0. The van der Waals surface area contributed by atoms with Crippen molar-refractivity contribution in [3.8, 4) is 0 Å². The van der Waals surface area contributed by atoms with Crippen LogP contribution in [0.25, 0.3) is 0 Å². The van der Waals surface area contributed by atoms with Crippen LogP contribution < -0.4 is 0 Å². The smallest absolute Gasteiger partial charge is 0.311 e. The van der Waals surface area contributed by atoms with Gasteiger partial charge in [0.25, 0.3) is 0 Å². The van der Waals surface area contributed by atoms with Crippen molar-refractivity contribution < 1.29 is 9.53 Å². The van der Waals surface area contributed by atoms with Crippen LogP contribution in [-0.2, 0) is 9.53 Å². The minimum absolute atomic E-state index is 0.0114. The first-order valence-electron chi connectivity index (χ1n) is 15.1. The Morgan fingerprint density at radius 2 is 1.56 bits per heavy atom. The molecule has 0 aliphatic heterocycles. The maximum atomic E-state index is 12.5. The second-order valence-corrected chi connectivity index (χ2v) is 15.2. The summed E-state index contributed by atoms with van der Waals surface area (Å²) in [6.07, 6.45) is 16.5. The summed E-state index contributed by atoms with van der Waals surface area (Å²) in [5, 5.41) is 0. The predicted octanol–water partition coefficient (Wildman–Crippen LogP) is 9.07. The molecule has 4 aliphatic rings. The van der Waals surface area contributed by atoms with Gasteiger partial charge in [-0.2, -0.15) is 0 Å². The van der Waals surface area contributed by atoms with Gasteiger partial charge in [0.2, 0.25) is 0 Å². The van der Waals surface area contributed by atoms with E-state index in [4.69, 9.17) is 4.74 Å². The highest BCUT2D eigenvalue weighted by atomic mass is 16.5. The van der Waals surface area contributed by atoms with Crippen molar-refractivity contribution in [3.05, 3.63) is 0 Å². The van der Waals surface area contributed by atoms with Crippen LogP contribution in [0.5, 0.6) is 0 Å². The van der Waals surface area contributed by atoms with Crippen molar-refractivity contribution in [3.63, 3.8) is 0 Å². The van der Waals surface area contributed by atoms with E-state index in [1.54, 1.807) is 0 Å². The Morgan fingerprint density at radius 1 is 0.882 bits per heavy atom. The number of carbonyl (C=O) groups excluding carboxylic acids is 1. The van der Waals surface area contributed by atoms with Gasteiger partial charge in [-0.05, 0) is 131 Å². The molecule has 0 N–H and O–H groups in total. The molecule has 0 heterocycles. The summed E-state index contributed by atoms with van der Waals surface area (Å²) >= 11 is 0. The molecule has 0 saturated heterocycles. The first kappa shape index (κ1) is 26.5. The molecule has 0 radical (unpaired) electrons. The van der Waals surface area contributed by atoms with E-state index in [2.05, 4.69) is 34.6 Å². The van der Waals surface area contributed by atoms with Gasteiger partial charge in [-0.15, -0.1) is 0 Å². The van der Waals surface area contributed by atoms with E-state index in [0.717, 1.165) is 54.3 Å². The zero-order chi connectivity index (χ0) is 24.9. The number of ether oxygens (including phenoxy) is 1. The van der Waals surface area contributed by atoms with Gasteiger partial charge in [-0.25, -0.2) is 0 Å². The topological polar surface area (TPSA) is 26.3 Å². The van der Waals surface area contributed by atoms with E-state index in [0.29, 0.717) is 10.8 Å². The fourth-order valence-electron chi connectivity index (χ4n) is 9.68. The summed E-state index contributed by atoms with van der Waals surface area (Å²) < 4.78 is 6.02. The van der Waals surface area contributed by atoms with Crippen molar-refractivity contribution in [2.24, 2.45) is 57.7 Å². The van der Waals surface area contributed by atoms with Crippen molar-refractivity contribution in [1.82, 2.24) is 0 Å². The number of carbonyl (C=O) groups is 1. The molecular weight excluding hydrogens is 416 g/mol. The van der Waals surface area contributed by atoms with Gasteiger partial charge < -0.3 is 4.74 Å². The van der Waals surface area contributed by atoms with E-state index >= 15 is 0 Å². The highest BCUT2D eigenvalue weighted by Gasteiger charge is 2.60. The van der Waals surface area contributed by atoms with Gasteiger partial charge >= 0.3 is 5.97 Å². The monoisotopic (exact) mass is 472 g/mol. The highest BCUT2D eigenvalue weighted by Crippen LogP contribution is 2.68. The fourth-order valence-corrected chi connectivity index (χ4v) is 9.68. The van der Waals surface area contributed by atoms with Crippen LogP contribution in [0.2, 0.25) is 0 Å². The van der Waals surface area contributed by atoms with E-state index in [9.17, 15) is 4.79 Å². The third-order valence-electron chi connectivity index (χ3n) is 11.7. The zero-order valence-electron chi connectivity index (χ0n) is 23.9. The Hall–Kier alpha value is -0.530. The fraction of sp³-hybridized carbons (Fsp3) is 0.969. The molecule has 0 aromatic carbocycles. The second kappa shape index (κ2) is 9.74. The van der Waals surface area contributed by atoms with Crippen molar-refractivity contribution in [1.29, 1.82) is 0 Å². The van der Waals surface area contributed by atoms with Gasteiger partial charge in [0.1, 0.15) is 6.10 Å². The van der Waals surface area contributed by atoms with Gasteiger partial charge in [0, 0.05) is 0 Å². The number of hydrogen-bond acceptors (Lipinski definition) is 2. The third-order valence-corrected chi connectivity index (χ3v) is 11.7. The van der Waals surface area contributed by atoms with Gasteiger partial charge in [0.15, 0.2) is 0 Å². The number of hydrogen-bond donors (Lipinski definition) is 0. The minimum atomic E-state index is -0.392. The molecule has 9 atom stereocenters. The van der Waals surface area contributed by atoms with Crippen molar-refractivity contribution >= 4 is 5.97 Å². The van der Waals surface area contributed by atoms with Gasteiger partial charge in [-0.3, -0.25) is 4.79 Å². The molecule has 4 fully saturated rings. The molecule has 196 valence electrons. The summed E-state index contributed by atoms with van der Waals surface area (Å²) in [5.41, 5.74) is 0.661. The van der Waals surface area contributed by atoms with Crippen molar-refractivity contribution in [2.45, 2.75) is 139 Å². The predicted molar refractivity (Wildman–Crippen MR) is 142 cm³/mol. The third kappa shape index (κ3) is 4.87. The molecule has 4 rings (SSSR count). The van der Waals surface area contributed by atoms with Crippen LogP contribution in [0, 0.1) is 57.7 Å². The van der Waals surface area contributed by atoms with Crippen LogP contribution in [0.15, 0.2) is 0 Å². The minimum Gasteiger partial charge on any atom is -0.462 e. The Bertz CT molecular complexity index is 719. The largest absolute Gasteiger partial charge is 0.462 e. The lowest BCUT2D eigenvalue weighted by atomic mass is 9.44. The lowest BCUT2D eigenvalue weighted by molar-refractivity contribution is -0.170. The molecule has 0 bridgehead atoms. The zero-order valence-corrected chi connectivity index (χ0v) is 23.9. The van der Waals surface area contributed by atoms with Crippen molar-refractivity contribution in [2.75, 3.05) is 0 Å². The average molecular weight is 473 g/mol. The molecule has 0 aromatic heterocycles. The van der Waals surface area contributed by atoms with Crippen LogP contribution in [0.3, 0.4) is 0 Å². The molecule has 0 aromatic rings. The van der Waals surface area contributed by atoms with Gasteiger partial charge in [0.05, 0.1) is 5.41 Å². The second-order valence-electron chi connectivity index (χ2n) is 15.2. The lowest BCUT2D eigenvalue weighted by Gasteiger charge is -2.61. The van der Waals surface area contributed by atoms with Crippen LogP contribution in [-0.4, -0.2) is 12.1 Å². The molecule has 2 nitrogen and oxygen atoms in total. The maximum absolute atomic E-state index is 12.5. The molecule has 34 heavy (non-hydrogen) atoms. The highest BCUT2D eigenvalue weighted by molar-refractivity contribution is 5.75. The molecular formula is C32H56O2. The van der Waals surface area contributed by atoms with E-state index in [1.165, 1.54) is 64.2 Å². The summed E-state index contributed by atoms with van der Waals surface area (Å²) in [7, 11) is 0. The first-order valence-corrected chi connectivity index (χ1v) is 15.1. The maximum Gasteiger partial charge on any atom is 0.311 e. The Morgan fingerprint density at radius 3 is 2.24 bits per heavy atom. The summed E-state index contributed by atoms with van der Waals surface area (Å²) in [4.78, 5) is 12.5. The Kier molecular flexibility index (Phi) is 7.60. The number of esters is 1. The van der Waals surface area contributed by atoms with E-state index < -0.39 is 5.41 Å². The summed E-state index contributed by atoms with van der Waals surface area (Å²) in [6.45, 7) is 18.6. The molecule has 0 amide bonds. The van der Waals surface area contributed by atoms with E-state index in [1.807, 2.05) is 20.8 Å². The van der Waals surface area contributed by atoms with Crippen LogP contribution in [0.1, 0.15) is 132 Å². The first-order chi connectivity index (χ1) is 15.9. The average Bonchev–Trinajstić information content (AvgIpc) is 3.10. The normalized spacial score (nSPS) is 43.1. The van der Waals surface area contributed by atoms with Crippen LogP contribution in [0.4, 0.5) is 0 Å².